The van der Waals surface area contributed by atoms with Crippen LogP contribution in [-0.2, 0) is 16.1 Å². The van der Waals surface area contributed by atoms with Gasteiger partial charge in [0, 0.05) is 32.5 Å². The highest BCUT2D eigenvalue weighted by molar-refractivity contribution is 6.39. The average molecular weight is 374 g/mol. The van der Waals surface area contributed by atoms with Gasteiger partial charge in [-0.2, -0.15) is 0 Å². The monoisotopic (exact) mass is 374 g/mol. The Labute approximate surface area is 164 Å². The fraction of sp³-hybridized carbons (Fsp3) is 0.136. The van der Waals surface area contributed by atoms with Gasteiger partial charge in [0.1, 0.15) is 5.82 Å². The standard InChI is InChI=1S/C22H22N4O2/c1-26(2)20-14-16(12-13-23-20)15-24-21(27)22(28)25-19-10-8-18(9-11-19)17-6-4-3-5-7-17/h3-14H,15H2,1-2H3,(H,24,27)(H,25,28). The molecular weight excluding hydrogens is 352 g/mol. The second-order valence-electron chi connectivity index (χ2n) is 6.50. The Hall–Kier alpha value is -3.67. The van der Waals surface area contributed by atoms with Crippen molar-refractivity contribution in [1.82, 2.24) is 10.3 Å². The number of amides is 2. The number of nitrogens with one attached hydrogen (secondary N) is 2. The Kier molecular flexibility index (Phi) is 6.01. The van der Waals surface area contributed by atoms with Crippen LogP contribution in [0.3, 0.4) is 0 Å². The van der Waals surface area contributed by atoms with Gasteiger partial charge >= 0.3 is 11.8 Å². The summed E-state index contributed by atoms with van der Waals surface area (Å²) in [7, 11) is 3.78. The van der Waals surface area contributed by atoms with Gasteiger partial charge in [-0.25, -0.2) is 4.98 Å². The summed E-state index contributed by atoms with van der Waals surface area (Å²) in [6.45, 7) is 0.253. The molecule has 142 valence electrons. The maximum absolute atomic E-state index is 12.1. The first-order valence-corrected chi connectivity index (χ1v) is 8.90. The number of hydrogen-bond donors (Lipinski definition) is 2. The first-order chi connectivity index (χ1) is 13.5. The Balaban J connectivity index is 1.55. The van der Waals surface area contributed by atoms with Crippen molar-refractivity contribution >= 4 is 23.3 Å². The Morgan fingerprint density at radius 2 is 1.57 bits per heavy atom. The zero-order valence-electron chi connectivity index (χ0n) is 15.8. The van der Waals surface area contributed by atoms with Crippen molar-refractivity contribution in [3.8, 4) is 11.1 Å². The van der Waals surface area contributed by atoms with E-state index in [1.54, 1.807) is 24.4 Å². The Bertz CT molecular complexity index is 954. The molecule has 0 saturated heterocycles. The third-order valence-corrected chi connectivity index (χ3v) is 4.18. The van der Waals surface area contributed by atoms with Gasteiger partial charge in [-0.3, -0.25) is 9.59 Å². The molecule has 2 amide bonds. The lowest BCUT2D eigenvalue weighted by atomic mass is 10.1. The zero-order valence-corrected chi connectivity index (χ0v) is 15.8. The maximum Gasteiger partial charge on any atom is 0.313 e. The van der Waals surface area contributed by atoms with Gasteiger partial charge in [-0.1, -0.05) is 42.5 Å². The number of pyridine rings is 1. The molecule has 3 aromatic rings. The number of carbonyl (C=O) groups is 2. The van der Waals surface area contributed by atoms with Crippen molar-refractivity contribution in [3.05, 3.63) is 78.5 Å². The van der Waals surface area contributed by atoms with Gasteiger partial charge in [0.25, 0.3) is 0 Å². The predicted molar refractivity (Wildman–Crippen MR) is 111 cm³/mol. The number of anilines is 2. The molecule has 3 rings (SSSR count). The summed E-state index contributed by atoms with van der Waals surface area (Å²) in [6.07, 6.45) is 1.67. The molecule has 0 aliphatic heterocycles. The van der Waals surface area contributed by atoms with Gasteiger partial charge in [0.05, 0.1) is 0 Å². The van der Waals surface area contributed by atoms with E-state index >= 15 is 0 Å². The molecule has 6 nitrogen and oxygen atoms in total. The first-order valence-electron chi connectivity index (χ1n) is 8.90. The minimum Gasteiger partial charge on any atom is -0.363 e. The van der Waals surface area contributed by atoms with E-state index in [4.69, 9.17) is 0 Å². The van der Waals surface area contributed by atoms with E-state index in [-0.39, 0.29) is 6.54 Å². The van der Waals surface area contributed by atoms with E-state index < -0.39 is 11.8 Å². The summed E-state index contributed by atoms with van der Waals surface area (Å²) in [6, 6.07) is 21.0. The molecule has 2 aromatic carbocycles. The minimum atomic E-state index is -0.700. The van der Waals surface area contributed by atoms with Gasteiger partial charge in [-0.05, 0) is 41.0 Å². The molecule has 1 aromatic heterocycles. The molecule has 0 fully saturated rings. The zero-order chi connectivity index (χ0) is 19.9. The molecule has 0 bridgehead atoms. The van der Waals surface area contributed by atoms with Gasteiger partial charge < -0.3 is 15.5 Å². The van der Waals surface area contributed by atoms with Gasteiger partial charge in [0.2, 0.25) is 0 Å². The average Bonchev–Trinajstić information content (AvgIpc) is 2.73. The first kappa shape index (κ1) is 19.1. The third-order valence-electron chi connectivity index (χ3n) is 4.18. The van der Waals surface area contributed by atoms with Crippen molar-refractivity contribution in [2.24, 2.45) is 0 Å². The lowest BCUT2D eigenvalue weighted by Gasteiger charge is -2.12. The van der Waals surface area contributed by atoms with Gasteiger partial charge in [0.15, 0.2) is 0 Å². The third kappa shape index (κ3) is 4.94. The summed E-state index contributed by atoms with van der Waals surface area (Å²) < 4.78 is 0. The van der Waals surface area contributed by atoms with Crippen LogP contribution < -0.4 is 15.5 Å². The van der Waals surface area contributed by atoms with E-state index in [2.05, 4.69) is 15.6 Å². The molecule has 6 heteroatoms. The van der Waals surface area contributed by atoms with E-state index in [1.165, 1.54) is 0 Å². The van der Waals surface area contributed by atoms with Crippen molar-refractivity contribution in [1.29, 1.82) is 0 Å². The Morgan fingerprint density at radius 3 is 2.25 bits per heavy atom. The topological polar surface area (TPSA) is 74.3 Å². The van der Waals surface area contributed by atoms with E-state index in [1.807, 2.05) is 67.5 Å². The lowest BCUT2D eigenvalue weighted by Crippen LogP contribution is -2.35. The summed E-state index contributed by atoms with van der Waals surface area (Å²) in [5, 5.41) is 5.24. The summed E-state index contributed by atoms with van der Waals surface area (Å²) in [5.41, 5.74) is 3.57. The molecule has 0 radical (unpaired) electrons. The van der Waals surface area contributed by atoms with Crippen LogP contribution in [0.2, 0.25) is 0 Å². The minimum absolute atomic E-state index is 0.253. The van der Waals surface area contributed by atoms with Crippen LogP contribution in [0.15, 0.2) is 72.9 Å². The number of aromatic nitrogens is 1. The summed E-state index contributed by atoms with van der Waals surface area (Å²) >= 11 is 0. The van der Waals surface area contributed by atoms with Crippen molar-refractivity contribution in [3.63, 3.8) is 0 Å². The predicted octanol–water partition coefficient (Wildman–Crippen LogP) is 3.07. The van der Waals surface area contributed by atoms with Crippen LogP contribution in [0.4, 0.5) is 11.5 Å². The second-order valence-corrected chi connectivity index (χ2v) is 6.50. The number of nitrogens with zero attached hydrogens (tertiary/aromatic N) is 2. The van der Waals surface area contributed by atoms with Crippen molar-refractivity contribution < 1.29 is 9.59 Å². The molecule has 28 heavy (non-hydrogen) atoms. The highest BCUT2D eigenvalue weighted by atomic mass is 16.2. The largest absolute Gasteiger partial charge is 0.363 e. The molecule has 1 heterocycles. The van der Waals surface area contributed by atoms with Crippen molar-refractivity contribution in [2.45, 2.75) is 6.54 Å². The molecule has 0 unspecified atom stereocenters. The molecular formula is C22H22N4O2. The molecule has 2 N–H and O–H groups in total. The molecule has 0 spiro atoms. The van der Waals surface area contributed by atoms with Crippen LogP contribution in [0.25, 0.3) is 11.1 Å². The number of benzene rings is 2. The van der Waals surface area contributed by atoms with E-state index in [9.17, 15) is 9.59 Å². The second kappa shape index (κ2) is 8.81. The van der Waals surface area contributed by atoms with Gasteiger partial charge in [-0.15, -0.1) is 0 Å². The lowest BCUT2D eigenvalue weighted by molar-refractivity contribution is -0.136. The number of hydrogen-bond acceptors (Lipinski definition) is 4. The normalized spacial score (nSPS) is 10.2. The smallest absolute Gasteiger partial charge is 0.313 e. The molecule has 0 aliphatic rings. The number of carbonyl (C=O) groups excluding carboxylic acids is 2. The van der Waals surface area contributed by atoms with Crippen LogP contribution in [0, 0.1) is 0 Å². The van der Waals surface area contributed by atoms with Crippen LogP contribution in [-0.4, -0.2) is 30.9 Å². The van der Waals surface area contributed by atoms with Crippen LogP contribution >= 0.6 is 0 Å². The molecule has 0 aliphatic carbocycles. The molecule has 0 atom stereocenters. The van der Waals surface area contributed by atoms with Crippen LogP contribution in [0.5, 0.6) is 0 Å². The van der Waals surface area contributed by atoms with Crippen molar-refractivity contribution in [2.75, 3.05) is 24.3 Å². The van der Waals surface area contributed by atoms with Crippen LogP contribution in [0.1, 0.15) is 5.56 Å². The van der Waals surface area contributed by atoms with E-state index in [0.717, 1.165) is 22.5 Å². The maximum atomic E-state index is 12.1. The number of rotatable bonds is 5. The fourth-order valence-corrected chi connectivity index (χ4v) is 2.64. The molecule has 0 saturated carbocycles. The highest BCUT2D eigenvalue weighted by Crippen LogP contribution is 2.20. The van der Waals surface area contributed by atoms with E-state index in [0.29, 0.717) is 5.69 Å². The highest BCUT2D eigenvalue weighted by Gasteiger charge is 2.13. The fourth-order valence-electron chi connectivity index (χ4n) is 2.64. The summed E-state index contributed by atoms with van der Waals surface area (Å²) in [4.78, 5) is 30.3. The SMILES string of the molecule is CN(C)c1cc(CNC(=O)C(=O)Nc2ccc(-c3ccccc3)cc2)ccn1. The quantitative estimate of drug-likeness (QED) is 0.673. The summed E-state index contributed by atoms with van der Waals surface area (Å²) in [5.74, 6) is -0.598. The Morgan fingerprint density at radius 1 is 0.893 bits per heavy atom.